The van der Waals surface area contributed by atoms with Crippen LogP contribution in [0.5, 0.6) is 11.6 Å². The van der Waals surface area contributed by atoms with Crippen molar-refractivity contribution in [3.63, 3.8) is 0 Å². The molecule has 198 valence electrons. The first-order valence-corrected chi connectivity index (χ1v) is 11.8. The van der Waals surface area contributed by atoms with Crippen LogP contribution in [0.25, 0.3) is 11.3 Å². The molecule has 0 unspecified atom stereocenters. The van der Waals surface area contributed by atoms with Crippen LogP contribution in [0.1, 0.15) is 32.4 Å². The molecule has 1 saturated heterocycles. The predicted octanol–water partition coefficient (Wildman–Crippen LogP) is 4.53. The topological polar surface area (TPSA) is 103 Å². The van der Waals surface area contributed by atoms with Gasteiger partial charge in [-0.15, -0.1) is 0 Å². The third-order valence-corrected chi connectivity index (χ3v) is 6.25. The summed E-state index contributed by atoms with van der Waals surface area (Å²) in [6.07, 6.45) is 0.191. The molecule has 0 atom stereocenters. The van der Waals surface area contributed by atoms with Gasteiger partial charge in [-0.05, 0) is 18.1 Å². The van der Waals surface area contributed by atoms with Crippen molar-refractivity contribution in [1.82, 2.24) is 19.5 Å². The van der Waals surface area contributed by atoms with Gasteiger partial charge in [0.1, 0.15) is 17.9 Å². The molecule has 37 heavy (non-hydrogen) atoms. The number of anilines is 1. The Kier molecular flexibility index (Phi) is 7.28. The highest BCUT2D eigenvalue weighted by molar-refractivity contribution is 5.73. The molecule has 0 aliphatic carbocycles. The molecule has 4 heterocycles. The summed E-state index contributed by atoms with van der Waals surface area (Å²) in [6.45, 7) is 7.09. The molecule has 5 rings (SSSR count). The number of methoxy groups -OCH3 is 1. The summed E-state index contributed by atoms with van der Waals surface area (Å²) in [5.41, 5.74) is 3.00. The monoisotopic (exact) mass is 519 g/mol. The maximum absolute atomic E-state index is 10.6. The van der Waals surface area contributed by atoms with E-state index in [-0.39, 0.29) is 5.60 Å². The van der Waals surface area contributed by atoms with Crippen LogP contribution in [-0.2, 0) is 16.9 Å². The van der Waals surface area contributed by atoms with Gasteiger partial charge in [-0.3, -0.25) is 0 Å². The van der Waals surface area contributed by atoms with Crippen molar-refractivity contribution in [2.24, 2.45) is 5.92 Å². The summed E-state index contributed by atoms with van der Waals surface area (Å²) in [4.78, 5) is 24.6. The van der Waals surface area contributed by atoms with E-state index < -0.39 is 12.1 Å². The van der Waals surface area contributed by atoms with Crippen molar-refractivity contribution in [2.75, 3.05) is 25.1 Å². The molecule has 1 aromatic carbocycles. The van der Waals surface area contributed by atoms with Gasteiger partial charge >= 0.3 is 12.1 Å². The molecule has 2 aliphatic rings. The second-order valence-corrected chi connectivity index (χ2v) is 9.29. The molecule has 0 bridgehead atoms. The van der Waals surface area contributed by atoms with Crippen LogP contribution < -0.4 is 14.4 Å². The number of hydrogen-bond donors (Lipinski definition) is 1. The maximum Gasteiger partial charge on any atom is 0.490 e. The number of carbonyl (C=O) groups is 1. The summed E-state index contributed by atoms with van der Waals surface area (Å²) >= 11 is 0. The first-order valence-electron chi connectivity index (χ1n) is 11.8. The Morgan fingerprint density at radius 3 is 2.49 bits per heavy atom. The number of ether oxygens (including phenoxy) is 2. The molecule has 12 heteroatoms. The van der Waals surface area contributed by atoms with Crippen LogP contribution in [0, 0.1) is 5.92 Å². The fourth-order valence-corrected chi connectivity index (χ4v) is 4.65. The second kappa shape index (κ2) is 10.3. The number of nitrogens with zero attached hydrogens (tertiary/aromatic N) is 5. The number of hydrogen-bond acceptors (Lipinski definition) is 7. The molecular formula is C25H28F3N5O4. The Labute approximate surface area is 211 Å². The number of aromatic nitrogens is 4. The SMILES string of the molecule is COc1cc(N2CCC3(CC2)Oc2ccccc2-c2ncn(CC(C)C)c23)ncn1.O=C(O)C(F)(F)F. The van der Waals surface area contributed by atoms with E-state index in [2.05, 4.69) is 51.5 Å². The number of fused-ring (bicyclic) bond motifs is 4. The van der Waals surface area contributed by atoms with E-state index in [9.17, 15) is 13.2 Å². The van der Waals surface area contributed by atoms with Crippen molar-refractivity contribution in [3.8, 4) is 22.9 Å². The Morgan fingerprint density at radius 1 is 1.19 bits per heavy atom. The molecule has 9 nitrogen and oxygen atoms in total. The number of aliphatic carboxylic acids is 1. The Morgan fingerprint density at radius 2 is 1.86 bits per heavy atom. The molecule has 0 radical (unpaired) electrons. The fraction of sp³-hybridized carbons (Fsp3) is 0.440. The Hall–Kier alpha value is -3.83. The smallest absolute Gasteiger partial charge is 0.481 e. The standard InChI is InChI=1S/C23H27N5O2.C2HF3O2/c1-16(2)13-28-15-26-21-17-6-4-5-7-18(17)30-23(22(21)28)8-10-27(11-9-23)19-12-20(29-3)25-14-24-19;3-2(4,5)1(6)7/h4-7,12,14-16H,8-11,13H2,1-3H3;(H,6,7). The van der Waals surface area contributed by atoms with Crippen LogP contribution in [0.3, 0.4) is 0 Å². The molecule has 2 aromatic heterocycles. The largest absolute Gasteiger partial charge is 0.490 e. The van der Waals surface area contributed by atoms with Gasteiger partial charge in [-0.1, -0.05) is 26.0 Å². The zero-order valence-corrected chi connectivity index (χ0v) is 20.7. The van der Waals surface area contributed by atoms with E-state index in [4.69, 9.17) is 24.4 Å². The molecule has 3 aromatic rings. The molecular weight excluding hydrogens is 491 g/mol. The summed E-state index contributed by atoms with van der Waals surface area (Å²) < 4.78 is 46.1. The number of imidazole rings is 1. The van der Waals surface area contributed by atoms with E-state index in [0.29, 0.717) is 11.8 Å². The van der Waals surface area contributed by atoms with Crippen LogP contribution in [0.4, 0.5) is 19.0 Å². The molecule has 0 amide bonds. The normalized spacial score (nSPS) is 15.8. The lowest BCUT2D eigenvalue weighted by molar-refractivity contribution is -0.192. The van der Waals surface area contributed by atoms with Crippen molar-refractivity contribution in [3.05, 3.63) is 48.7 Å². The van der Waals surface area contributed by atoms with Gasteiger partial charge in [0, 0.05) is 44.1 Å². The van der Waals surface area contributed by atoms with Gasteiger partial charge < -0.3 is 24.0 Å². The third kappa shape index (κ3) is 5.47. The third-order valence-electron chi connectivity index (χ3n) is 6.25. The highest BCUT2D eigenvalue weighted by Crippen LogP contribution is 2.49. The lowest BCUT2D eigenvalue weighted by atomic mass is 9.83. The maximum atomic E-state index is 10.6. The summed E-state index contributed by atoms with van der Waals surface area (Å²) in [6, 6.07) is 10.1. The molecule has 0 saturated carbocycles. The predicted molar refractivity (Wildman–Crippen MR) is 129 cm³/mol. The van der Waals surface area contributed by atoms with Crippen molar-refractivity contribution < 1.29 is 32.5 Å². The zero-order chi connectivity index (χ0) is 26.8. The van der Waals surface area contributed by atoms with Gasteiger partial charge in [0.2, 0.25) is 5.88 Å². The number of benzene rings is 1. The first kappa shape index (κ1) is 26.2. The molecule has 1 fully saturated rings. The molecule has 1 spiro atoms. The molecule has 2 aliphatic heterocycles. The number of carboxylic acid groups (broad SMARTS) is 1. The fourth-order valence-electron chi connectivity index (χ4n) is 4.65. The first-order chi connectivity index (χ1) is 17.5. The number of carboxylic acids is 1. The summed E-state index contributed by atoms with van der Waals surface area (Å²) in [5, 5.41) is 7.12. The minimum absolute atomic E-state index is 0.372. The van der Waals surface area contributed by atoms with Gasteiger partial charge in [0.25, 0.3) is 0 Å². The van der Waals surface area contributed by atoms with Gasteiger partial charge in [0.15, 0.2) is 5.60 Å². The van der Waals surface area contributed by atoms with E-state index in [1.165, 1.54) is 5.69 Å². The number of para-hydroxylation sites is 1. The van der Waals surface area contributed by atoms with Crippen LogP contribution in [0.15, 0.2) is 43.0 Å². The quantitative estimate of drug-likeness (QED) is 0.537. The average Bonchev–Trinajstić information content (AvgIpc) is 3.29. The van der Waals surface area contributed by atoms with E-state index in [1.807, 2.05) is 18.5 Å². The van der Waals surface area contributed by atoms with Crippen LogP contribution in [-0.4, -0.2) is 57.0 Å². The lowest BCUT2D eigenvalue weighted by Crippen LogP contribution is -2.48. The Balaban J connectivity index is 0.000000405. The minimum Gasteiger partial charge on any atom is -0.481 e. The number of halogens is 3. The van der Waals surface area contributed by atoms with Gasteiger partial charge in [0.05, 0.1) is 24.8 Å². The molecule has 1 N–H and O–H groups in total. The number of piperidine rings is 1. The highest BCUT2D eigenvalue weighted by Gasteiger charge is 2.46. The highest BCUT2D eigenvalue weighted by atomic mass is 19.4. The van der Waals surface area contributed by atoms with E-state index in [0.717, 1.165) is 55.3 Å². The minimum atomic E-state index is -5.08. The van der Waals surface area contributed by atoms with Crippen molar-refractivity contribution in [2.45, 2.75) is 45.0 Å². The van der Waals surface area contributed by atoms with Crippen molar-refractivity contribution >= 4 is 11.8 Å². The second-order valence-electron chi connectivity index (χ2n) is 9.29. The number of alkyl halides is 3. The summed E-state index contributed by atoms with van der Waals surface area (Å²) in [7, 11) is 1.63. The van der Waals surface area contributed by atoms with Crippen LogP contribution >= 0.6 is 0 Å². The van der Waals surface area contributed by atoms with E-state index >= 15 is 0 Å². The average molecular weight is 520 g/mol. The number of rotatable bonds is 4. The van der Waals surface area contributed by atoms with Crippen molar-refractivity contribution in [1.29, 1.82) is 0 Å². The Bertz CT molecular complexity index is 1250. The zero-order valence-electron chi connectivity index (χ0n) is 20.7. The summed E-state index contributed by atoms with van der Waals surface area (Å²) in [5.74, 6) is 0.180. The van der Waals surface area contributed by atoms with Crippen LogP contribution in [0.2, 0.25) is 0 Å². The van der Waals surface area contributed by atoms with Gasteiger partial charge in [-0.2, -0.15) is 13.2 Å². The lowest BCUT2D eigenvalue weighted by Gasteiger charge is -2.45. The van der Waals surface area contributed by atoms with Gasteiger partial charge in [-0.25, -0.2) is 19.7 Å². The van der Waals surface area contributed by atoms with E-state index in [1.54, 1.807) is 13.4 Å².